The summed E-state index contributed by atoms with van der Waals surface area (Å²) in [7, 11) is 0. The van der Waals surface area contributed by atoms with Gasteiger partial charge < -0.3 is 19.9 Å². The molecule has 29 heavy (non-hydrogen) atoms. The monoisotopic (exact) mass is 434 g/mol. The molecule has 0 fully saturated rings. The Morgan fingerprint density at radius 3 is 2.52 bits per heavy atom. The van der Waals surface area contributed by atoms with Crippen molar-refractivity contribution in [2.24, 2.45) is 0 Å². The molecule has 150 valence electrons. The van der Waals surface area contributed by atoms with Gasteiger partial charge in [-0.05, 0) is 36.4 Å². The number of carbonyl (C=O) groups excluding carboxylic acids is 2. The summed E-state index contributed by atoms with van der Waals surface area (Å²) in [5.41, 5.74) is 0.633. The topological polar surface area (TPSA) is 106 Å². The third-order valence-electron chi connectivity index (χ3n) is 3.62. The van der Waals surface area contributed by atoms with Gasteiger partial charge in [0.25, 0.3) is 5.91 Å². The molecule has 0 saturated heterocycles. The number of hydrogen-bond acceptors (Lipinski definition) is 6. The Labute approximate surface area is 176 Å². The van der Waals surface area contributed by atoms with Crippen molar-refractivity contribution >= 4 is 35.0 Å². The molecule has 2 N–H and O–H groups in total. The molecular formula is C19H16Cl2N4O4. The van der Waals surface area contributed by atoms with E-state index in [1.165, 1.54) is 0 Å². The Bertz CT molecular complexity index is 992. The maximum absolute atomic E-state index is 12.1. The molecule has 0 saturated carbocycles. The maximum atomic E-state index is 12.1. The Balaban J connectivity index is 1.38. The van der Waals surface area contributed by atoms with E-state index in [0.717, 1.165) is 0 Å². The van der Waals surface area contributed by atoms with E-state index in [2.05, 4.69) is 20.8 Å². The van der Waals surface area contributed by atoms with Crippen molar-refractivity contribution in [2.75, 3.05) is 19.7 Å². The summed E-state index contributed by atoms with van der Waals surface area (Å²) in [6.45, 7) is 0.243. The predicted molar refractivity (Wildman–Crippen MR) is 107 cm³/mol. The predicted octanol–water partition coefficient (Wildman–Crippen LogP) is 2.97. The summed E-state index contributed by atoms with van der Waals surface area (Å²) >= 11 is 11.7. The van der Waals surface area contributed by atoms with E-state index >= 15 is 0 Å². The van der Waals surface area contributed by atoms with E-state index in [-0.39, 0.29) is 37.3 Å². The molecule has 0 spiro atoms. The lowest BCUT2D eigenvalue weighted by atomic mass is 10.2. The van der Waals surface area contributed by atoms with Crippen LogP contribution in [0.5, 0.6) is 5.75 Å². The summed E-state index contributed by atoms with van der Waals surface area (Å²) in [4.78, 5) is 27.9. The number of hydrogen-bond donors (Lipinski definition) is 2. The second kappa shape index (κ2) is 9.90. The lowest BCUT2D eigenvalue weighted by Crippen LogP contribution is -2.36. The van der Waals surface area contributed by atoms with Gasteiger partial charge in [0, 0.05) is 28.7 Å². The Morgan fingerprint density at radius 1 is 1.00 bits per heavy atom. The number of amides is 2. The number of carbonyl (C=O) groups is 2. The SMILES string of the molecule is O=C(COc1ccc(Cl)cc1)NCCNC(=O)c1nc(-c2cccc(Cl)c2)no1. The summed E-state index contributed by atoms with van der Waals surface area (Å²) in [6.07, 6.45) is 0. The van der Waals surface area contributed by atoms with Crippen LogP contribution in [-0.2, 0) is 4.79 Å². The molecule has 2 aromatic carbocycles. The maximum Gasteiger partial charge on any atom is 0.316 e. The number of nitrogens with zero attached hydrogens (tertiary/aromatic N) is 2. The van der Waals surface area contributed by atoms with Crippen molar-refractivity contribution in [1.29, 1.82) is 0 Å². The van der Waals surface area contributed by atoms with Gasteiger partial charge in [-0.3, -0.25) is 9.59 Å². The molecular weight excluding hydrogens is 419 g/mol. The molecule has 0 aliphatic rings. The lowest BCUT2D eigenvalue weighted by molar-refractivity contribution is -0.123. The standard InChI is InChI=1S/C19H16Cl2N4O4/c20-13-4-6-15(7-5-13)28-11-16(26)22-8-9-23-18(27)19-24-17(25-29-19)12-2-1-3-14(21)10-12/h1-7,10H,8-9,11H2,(H,22,26)(H,23,27). The van der Waals surface area contributed by atoms with E-state index in [1.807, 2.05) is 0 Å². The molecule has 8 nitrogen and oxygen atoms in total. The minimum Gasteiger partial charge on any atom is -0.484 e. The largest absolute Gasteiger partial charge is 0.484 e. The van der Waals surface area contributed by atoms with Crippen molar-refractivity contribution in [3.05, 3.63) is 64.5 Å². The molecule has 0 aliphatic carbocycles. The van der Waals surface area contributed by atoms with Crippen molar-refractivity contribution in [3.63, 3.8) is 0 Å². The average Bonchev–Trinajstić information content (AvgIpc) is 3.21. The van der Waals surface area contributed by atoms with Gasteiger partial charge in [-0.25, -0.2) is 0 Å². The van der Waals surface area contributed by atoms with Crippen LogP contribution in [0, 0.1) is 0 Å². The third-order valence-corrected chi connectivity index (χ3v) is 4.11. The number of benzene rings is 2. The normalized spacial score (nSPS) is 10.4. The van der Waals surface area contributed by atoms with E-state index in [0.29, 0.717) is 21.4 Å². The van der Waals surface area contributed by atoms with Gasteiger partial charge in [-0.2, -0.15) is 4.98 Å². The first kappa shape index (κ1) is 20.6. The molecule has 3 aromatic rings. The van der Waals surface area contributed by atoms with Gasteiger partial charge >= 0.3 is 11.8 Å². The Morgan fingerprint density at radius 2 is 1.76 bits per heavy atom. The Kier molecular flexibility index (Phi) is 7.04. The number of rotatable bonds is 8. The van der Waals surface area contributed by atoms with Crippen LogP contribution in [0.15, 0.2) is 53.1 Å². The highest BCUT2D eigenvalue weighted by molar-refractivity contribution is 6.31. The summed E-state index contributed by atoms with van der Waals surface area (Å²) in [5.74, 6) is -0.264. The molecule has 0 unspecified atom stereocenters. The van der Waals surface area contributed by atoms with Gasteiger partial charge in [0.05, 0.1) is 0 Å². The minimum absolute atomic E-state index is 0.151. The van der Waals surface area contributed by atoms with Gasteiger partial charge in [-0.1, -0.05) is 40.5 Å². The fraction of sp³-hybridized carbons (Fsp3) is 0.158. The highest BCUT2D eigenvalue weighted by atomic mass is 35.5. The molecule has 0 atom stereocenters. The molecule has 0 radical (unpaired) electrons. The van der Waals surface area contributed by atoms with Crippen LogP contribution in [0.4, 0.5) is 0 Å². The summed E-state index contributed by atoms with van der Waals surface area (Å²) in [6, 6.07) is 13.5. The van der Waals surface area contributed by atoms with Crippen LogP contribution in [0.2, 0.25) is 10.0 Å². The molecule has 1 heterocycles. The van der Waals surface area contributed by atoms with Crippen LogP contribution in [0.1, 0.15) is 10.7 Å². The van der Waals surface area contributed by atoms with Crippen molar-refractivity contribution < 1.29 is 18.8 Å². The fourth-order valence-electron chi connectivity index (χ4n) is 2.24. The lowest BCUT2D eigenvalue weighted by Gasteiger charge is -2.07. The minimum atomic E-state index is -0.544. The van der Waals surface area contributed by atoms with E-state index in [1.54, 1.807) is 48.5 Å². The van der Waals surface area contributed by atoms with Crippen molar-refractivity contribution in [3.8, 4) is 17.1 Å². The molecule has 0 bridgehead atoms. The zero-order chi connectivity index (χ0) is 20.6. The second-order valence-electron chi connectivity index (χ2n) is 5.78. The molecule has 2 amide bonds. The van der Waals surface area contributed by atoms with Gasteiger partial charge in [0.2, 0.25) is 5.82 Å². The second-order valence-corrected chi connectivity index (χ2v) is 6.65. The average molecular weight is 435 g/mol. The molecule has 0 aliphatic heterocycles. The highest BCUT2D eigenvalue weighted by Gasteiger charge is 2.16. The number of halogens is 2. The number of aromatic nitrogens is 2. The van der Waals surface area contributed by atoms with E-state index < -0.39 is 5.91 Å². The molecule has 1 aromatic heterocycles. The number of nitrogens with one attached hydrogen (secondary N) is 2. The number of ether oxygens (including phenoxy) is 1. The van der Waals surface area contributed by atoms with E-state index in [9.17, 15) is 9.59 Å². The first-order valence-corrected chi connectivity index (χ1v) is 9.30. The van der Waals surface area contributed by atoms with Crippen LogP contribution in [-0.4, -0.2) is 41.7 Å². The molecule has 10 heteroatoms. The van der Waals surface area contributed by atoms with Gasteiger partial charge in [0.15, 0.2) is 6.61 Å². The van der Waals surface area contributed by atoms with Crippen LogP contribution >= 0.6 is 23.2 Å². The van der Waals surface area contributed by atoms with Crippen molar-refractivity contribution in [1.82, 2.24) is 20.8 Å². The fourth-order valence-corrected chi connectivity index (χ4v) is 2.56. The van der Waals surface area contributed by atoms with E-state index in [4.69, 9.17) is 32.5 Å². The third kappa shape index (κ3) is 6.20. The van der Waals surface area contributed by atoms with Crippen LogP contribution < -0.4 is 15.4 Å². The highest BCUT2D eigenvalue weighted by Crippen LogP contribution is 2.19. The van der Waals surface area contributed by atoms with Crippen molar-refractivity contribution in [2.45, 2.75) is 0 Å². The first-order valence-electron chi connectivity index (χ1n) is 8.54. The van der Waals surface area contributed by atoms with Crippen LogP contribution in [0.3, 0.4) is 0 Å². The van der Waals surface area contributed by atoms with Gasteiger partial charge in [0.1, 0.15) is 5.75 Å². The quantitative estimate of drug-likeness (QED) is 0.527. The van der Waals surface area contributed by atoms with Gasteiger partial charge in [-0.15, -0.1) is 0 Å². The first-order chi connectivity index (χ1) is 14.0. The zero-order valence-corrected chi connectivity index (χ0v) is 16.5. The molecule has 3 rings (SSSR count). The van der Waals surface area contributed by atoms with Crippen LogP contribution in [0.25, 0.3) is 11.4 Å². The zero-order valence-electron chi connectivity index (χ0n) is 15.0. The Hall–Kier alpha value is -3.10. The summed E-state index contributed by atoms with van der Waals surface area (Å²) < 4.78 is 10.3. The summed E-state index contributed by atoms with van der Waals surface area (Å²) in [5, 5.41) is 10.1. The smallest absolute Gasteiger partial charge is 0.316 e.